The number of fused-ring (bicyclic) bond motifs is 1. The molecule has 4 heterocycles. The van der Waals surface area contributed by atoms with Gasteiger partial charge in [-0.05, 0) is 51.1 Å². The SMILES string of the molecule is CCOC(=O)C1CC(Nc2cccc(-c3cnn4ccc(C#N)cc34)n2)CCN1C. The first-order chi connectivity index (χ1) is 14.6. The summed E-state index contributed by atoms with van der Waals surface area (Å²) in [6, 6.07) is 11.4. The number of anilines is 1. The molecule has 0 amide bonds. The molecule has 8 nitrogen and oxygen atoms in total. The molecule has 0 aromatic carbocycles. The van der Waals surface area contributed by atoms with Crippen LogP contribution in [-0.4, -0.2) is 57.8 Å². The lowest BCUT2D eigenvalue weighted by Crippen LogP contribution is -2.49. The molecule has 8 heteroatoms. The molecular weight excluding hydrogens is 380 g/mol. The number of ether oxygens (including phenoxy) is 1. The molecule has 3 aromatic heterocycles. The normalized spacial score (nSPS) is 19.4. The van der Waals surface area contributed by atoms with Gasteiger partial charge in [-0.1, -0.05) is 6.07 Å². The smallest absolute Gasteiger partial charge is 0.323 e. The molecule has 2 unspecified atom stereocenters. The van der Waals surface area contributed by atoms with Crippen LogP contribution in [0.2, 0.25) is 0 Å². The number of nitrogens with one attached hydrogen (secondary N) is 1. The average Bonchev–Trinajstić information content (AvgIpc) is 3.18. The summed E-state index contributed by atoms with van der Waals surface area (Å²) in [7, 11) is 1.96. The van der Waals surface area contributed by atoms with Gasteiger partial charge in [-0.2, -0.15) is 10.4 Å². The Morgan fingerprint density at radius 3 is 3.07 bits per heavy atom. The van der Waals surface area contributed by atoms with Crippen molar-refractivity contribution in [1.82, 2.24) is 19.5 Å². The van der Waals surface area contributed by atoms with E-state index in [1.165, 1.54) is 0 Å². The van der Waals surface area contributed by atoms with Crippen LogP contribution in [0, 0.1) is 11.3 Å². The third-order valence-corrected chi connectivity index (χ3v) is 5.46. The van der Waals surface area contributed by atoms with Gasteiger partial charge >= 0.3 is 5.97 Å². The number of hydrogen-bond acceptors (Lipinski definition) is 7. The first-order valence-electron chi connectivity index (χ1n) is 10.1. The number of rotatable bonds is 5. The van der Waals surface area contributed by atoms with Crippen LogP contribution in [0.1, 0.15) is 25.3 Å². The number of nitriles is 1. The maximum absolute atomic E-state index is 12.3. The molecule has 1 N–H and O–H groups in total. The summed E-state index contributed by atoms with van der Waals surface area (Å²) in [5.41, 5.74) is 3.05. The Kier molecular flexibility index (Phi) is 5.63. The molecule has 3 aromatic rings. The number of carbonyl (C=O) groups is 1. The lowest BCUT2D eigenvalue weighted by atomic mass is 9.97. The average molecular weight is 404 g/mol. The molecule has 2 atom stereocenters. The Morgan fingerprint density at radius 2 is 2.27 bits per heavy atom. The molecule has 0 radical (unpaired) electrons. The topological polar surface area (TPSA) is 95.5 Å². The van der Waals surface area contributed by atoms with E-state index in [1.54, 1.807) is 23.0 Å². The van der Waals surface area contributed by atoms with Crippen LogP contribution in [0.5, 0.6) is 0 Å². The third kappa shape index (κ3) is 3.98. The van der Waals surface area contributed by atoms with Gasteiger partial charge in [0.05, 0.1) is 35.6 Å². The Bertz CT molecular complexity index is 1100. The van der Waals surface area contributed by atoms with E-state index >= 15 is 0 Å². The van der Waals surface area contributed by atoms with E-state index in [0.29, 0.717) is 18.6 Å². The standard InChI is InChI=1S/C22H24N6O2/c1-3-30-22(29)20-12-16(8-9-27(20)2)25-21-6-4-5-18(26-21)17-14-24-28-10-7-15(13-23)11-19(17)28/h4-7,10-11,14,16,20H,3,8-9,12H2,1-2H3,(H,25,26). The minimum atomic E-state index is -0.247. The van der Waals surface area contributed by atoms with Crippen LogP contribution in [0.25, 0.3) is 16.8 Å². The highest BCUT2D eigenvalue weighted by Gasteiger charge is 2.32. The minimum absolute atomic E-state index is 0.132. The van der Waals surface area contributed by atoms with Gasteiger partial charge in [-0.3, -0.25) is 9.69 Å². The second-order valence-corrected chi connectivity index (χ2v) is 7.44. The molecule has 0 bridgehead atoms. The van der Waals surface area contributed by atoms with Crippen molar-refractivity contribution in [2.45, 2.75) is 31.8 Å². The zero-order valence-electron chi connectivity index (χ0n) is 17.1. The number of pyridine rings is 2. The molecule has 0 aliphatic carbocycles. The summed E-state index contributed by atoms with van der Waals surface area (Å²) >= 11 is 0. The van der Waals surface area contributed by atoms with E-state index in [-0.39, 0.29) is 18.1 Å². The van der Waals surface area contributed by atoms with Crippen molar-refractivity contribution in [1.29, 1.82) is 5.26 Å². The fourth-order valence-electron chi connectivity index (χ4n) is 3.85. The van der Waals surface area contributed by atoms with Gasteiger partial charge < -0.3 is 10.1 Å². The van der Waals surface area contributed by atoms with Gasteiger partial charge in [0.1, 0.15) is 11.9 Å². The molecule has 1 aliphatic heterocycles. The van der Waals surface area contributed by atoms with E-state index in [9.17, 15) is 10.1 Å². The van der Waals surface area contributed by atoms with Crippen LogP contribution in [0.15, 0.2) is 42.7 Å². The van der Waals surface area contributed by atoms with Gasteiger partial charge in [0.25, 0.3) is 0 Å². The summed E-state index contributed by atoms with van der Waals surface area (Å²) in [4.78, 5) is 19.1. The zero-order chi connectivity index (χ0) is 21.1. The Labute approximate surface area is 175 Å². The van der Waals surface area contributed by atoms with Crippen molar-refractivity contribution in [3.63, 3.8) is 0 Å². The van der Waals surface area contributed by atoms with Crippen LogP contribution >= 0.6 is 0 Å². The second-order valence-electron chi connectivity index (χ2n) is 7.44. The number of piperidine rings is 1. The summed E-state index contributed by atoms with van der Waals surface area (Å²) in [6.07, 6.45) is 5.12. The van der Waals surface area contributed by atoms with Crippen molar-refractivity contribution in [2.24, 2.45) is 0 Å². The molecule has 1 saturated heterocycles. The van der Waals surface area contributed by atoms with E-state index in [2.05, 4.69) is 16.5 Å². The molecular formula is C22H24N6O2. The summed E-state index contributed by atoms with van der Waals surface area (Å²) in [6.45, 7) is 3.02. The van der Waals surface area contributed by atoms with Crippen molar-refractivity contribution >= 4 is 17.3 Å². The molecule has 1 aliphatic rings. The van der Waals surface area contributed by atoms with Gasteiger partial charge in [-0.15, -0.1) is 0 Å². The molecule has 30 heavy (non-hydrogen) atoms. The van der Waals surface area contributed by atoms with Gasteiger partial charge in [-0.25, -0.2) is 9.50 Å². The Hall–Kier alpha value is -3.44. The minimum Gasteiger partial charge on any atom is -0.465 e. The van der Waals surface area contributed by atoms with E-state index in [0.717, 1.165) is 35.6 Å². The Balaban J connectivity index is 1.55. The maximum atomic E-state index is 12.3. The predicted molar refractivity (Wildman–Crippen MR) is 113 cm³/mol. The molecule has 0 spiro atoms. The van der Waals surface area contributed by atoms with Crippen LogP contribution in [0.3, 0.4) is 0 Å². The molecule has 4 rings (SSSR count). The van der Waals surface area contributed by atoms with E-state index in [1.807, 2.05) is 43.1 Å². The number of likely N-dealkylation sites (N-methyl/N-ethyl adjacent to an activating group) is 1. The quantitative estimate of drug-likeness (QED) is 0.653. The zero-order valence-corrected chi connectivity index (χ0v) is 17.1. The maximum Gasteiger partial charge on any atom is 0.323 e. The van der Waals surface area contributed by atoms with E-state index in [4.69, 9.17) is 9.72 Å². The summed E-state index contributed by atoms with van der Waals surface area (Å²) in [5, 5.41) is 17.0. The third-order valence-electron chi connectivity index (χ3n) is 5.46. The number of esters is 1. The first-order valence-corrected chi connectivity index (χ1v) is 10.1. The lowest BCUT2D eigenvalue weighted by Gasteiger charge is -2.36. The highest BCUT2D eigenvalue weighted by molar-refractivity contribution is 5.79. The van der Waals surface area contributed by atoms with Gasteiger partial charge in [0, 0.05) is 24.3 Å². The molecule has 0 saturated carbocycles. The van der Waals surface area contributed by atoms with Crippen LogP contribution in [-0.2, 0) is 9.53 Å². The monoisotopic (exact) mass is 404 g/mol. The van der Waals surface area contributed by atoms with Crippen LogP contribution in [0.4, 0.5) is 5.82 Å². The number of hydrogen-bond donors (Lipinski definition) is 1. The predicted octanol–water partition coefficient (Wildman–Crippen LogP) is 2.71. The lowest BCUT2D eigenvalue weighted by molar-refractivity contribution is -0.150. The Morgan fingerprint density at radius 1 is 1.40 bits per heavy atom. The highest BCUT2D eigenvalue weighted by atomic mass is 16.5. The van der Waals surface area contributed by atoms with Gasteiger partial charge in [0.2, 0.25) is 0 Å². The largest absolute Gasteiger partial charge is 0.465 e. The molecule has 1 fully saturated rings. The number of carbonyl (C=O) groups excluding carboxylic acids is 1. The van der Waals surface area contributed by atoms with Gasteiger partial charge in [0.15, 0.2) is 0 Å². The van der Waals surface area contributed by atoms with Crippen LogP contribution < -0.4 is 5.32 Å². The second kappa shape index (κ2) is 8.51. The fraction of sp³-hybridized carbons (Fsp3) is 0.364. The van der Waals surface area contributed by atoms with E-state index < -0.39 is 0 Å². The highest BCUT2D eigenvalue weighted by Crippen LogP contribution is 2.26. The fourth-order valence-corrected chi connectivity index (χ4v) is 3.85. The van der Waals surface area contributed by atoms with Crippen molar-refractivity contribution in [3.8, 4) is 17.3 Å². The number of aromatic nitrogens is 3. The van der Waals surface area contributed by atoms with Crippen molar-refractivity contribution in [2.75, 3.05) is 25.5 Å². The van der Waals surface area contributed by atoms with Crippen molar-refractivity contribution in [3.05, 3.63) is 48.3 Å². The number of nitrogens with zero attached hydrogens (tertiary/aromatic N) is 5. The number of likely N-dealkylation sites (tertiary alicyclic amines) is 1. The summed E-state index contributed by atoms with van der Waals surface area (Å²) < 4.78 is 6.96. The molecule has 154 valence electrons. The summed E-state index contributed by atoms with van der Waals surface area (Å²) in [5.74, 6) is 0.577. The first kappa shape index (κ1) is 19.9. The van der Waals surface area contributed by atoms with Crippen molar-refractivity contribution < 1.29 is 9.53 Å².